The molecule has 3 aromatic rings. The number of thioether (sulfide) groups is 1. The van der Waals surface area contributed by atoms with Gasteiger partial charge >= 0.3 is 0 Å². The fourth-order valence-corrected chi connectivity index (χ4v) is 6.83. The summed E-state index contributed by atoms with van der Waals surface area (Å²) in [6.45, 7) is 6.30. The zero-order valence-electron chi connectivity index (χ0n) is 22.1. The SMILES string of the molecule is CC(=O)N1CCN(CCC2CSC(c3cc4cc(Oc5ccccc5)cc(NC5CCCC5)c4[nH]3)=N2)CC1. The van der Waals surface area contributed by atoms with Crippen molar-refractivity contribution in [2.45, 2.75) is 51.1 Å². The maximum atomic E-state index is 11.6. The number of piperazine rings is 1. The zero-order chi connectivity index (χ0) is 25.9. The molecule has 6 rings (SSSR count). The van der Waals surface area contributed by atoms with Gasteiger partial charge in [-0.2, -0.15) is 0 Å². The predicted molar refractivity (Wildman–Crippen MR) is 157 cm³/mol. The zero-order valence-corrected chi connectivity index (χ0v) is 22.9. The van der Waals surface area contributed by atoms with E-state index in [2.05, 4.69) is 33.4 Å². The minimum atomic E-state index is 0.185. The van der Waals surface area contributed by atoms with Gasteiger partial charge in [-0.1, -0.05) is 31.0 Å². The van der Waals surface area contributed by atoms with Gasteiger partial charge in [0, 0.05) is 62.9 Å². The standard InChI is InChI=1S/C30H37N5O2S/c1-21(36)35-15-13-34(14-16-35)12-11-24-20-38-30(32-24)28-18-22-17-26(37-25-9-3-2-4-10-25)19-27(29(22)33-28)31-23-7-5-6-8-23/h2-4,9-10,17-19,23-24,31,33H,5-8,11-16,20H2,1H3. The minimum Gasteiger partial charge on any atom is -0.457 e. The lowest BCUT2D eigenvalue weighted by Crippen LogP contribution is -2.48. The number of fused-ring (bicyclic) bond motifs is 1. The third kappa shape index (κ3) is 5.86. The van der Waals surface area contributed by atoms with Crippen molar-refractivity contribution in [3.8, 4) is 11.5 Å². The minimum absolute atomic E-state index is 0.185. The van der Waals surface area contributed by atoms with Crippen LogP contribution in [0, 0.1) is 0 Å². The summed E-state index contributed by atoms with van der Waals surface area (Å²) in [5, 5.41) is 6.05. The average molecular weight is 532 g/mol. The lowest BCUT2D eigenvalue weighted by molar-refractivity contribution is -0.130. The second kappa shape index (κ2) is 11.4. The highest BCUT2D eigenvalue weighted by atomic mass is 32.2. The Kier molecular flexibility index (Phi) is 7.60. The molecule has 1 atom stereocenters. The molecule has 0 radical (unpaired) electrons. The van der Waals surface area contributed by atoms with Crippen molar-refractivity contribution in [2.75, 3.05) is 43.8 Å². The number of nitrogens with zero attached hydrogens (tertiary/aromatic N) is 3. The molecule has 38 heavy (non-hydrogen) atoms. The molecule has 2 N–H and O–H groups in total. The van der Waals surface area contributed by atoms with E-state index in [-0.39, 0.29) is 5.91 Å². The Morgan fingerprint density at radius 3 is 2.63 bits per heavy atom. The molecule has 8 heteroatoms. The third-order valence-electron chi connectivity index (χ3n) is 7.93. The van der Waals surface area contributed by atoms with E-state index in [1.54, 1.807) is 6.92 Å². The van der Waals surface area contributed by atoms with Gasteiger partial charge in [0.05, 0.1) is 22.9 Å². The van der Waals surface area contributed by atoms with Gasteiger partial charge in [-0.25, -0.2) is 0 Å². The van der Waals surface area contributed by atoms with Crippen LogP contribution in [0.4, 0.5) is 5.69 Å². The Balaban J connectivity index is 1.17. The molecule has 0 spiro atoms. The quantitative estimate of drug-likeness (QED) is 0.388. The molecule has 7 nitrogen and oxygen atoms in total. The number of benzene rings is 2. The van der Waals surface area contributed by atoms with E-state index in [1.807, 2.05) is 47.0 Å². The number of aliphatic imine (C=N–C) groups is 1. The fraction of sp³-hybridized carbons (Fsp3) is 0.467. The van der Waals surface area contributed by atoms with E-state index in [9.17, 15) is 4.79 Å². The Bertz CT molecular complexity index is 1290. The molecule has 2 aromatic carbocycles. The van der Waals surface area contributed by atoms with Crippen LogP contribution in [0.2, 0.25) is 0 Å². The highest BCUT2D eigenvalue weighted by molar-refractivity contribution is 8.14. The van der Waals surface area contributed by atoms with Crippen LogP contribution >= 0.6 is 11.8 Å². The summed E-state index contributed by atoms with van der Waals surface area (Å²) in [5.41, 5.74) is 3.33. The number of anilines is 1. The molecule has 1 aliphatic carbocycles. The topological polar surface area (TPSA) is 73.0 Å². The molecule has 1 saturated heterocycles. The van der Waals surface area contributed by atoms with E-state index in [1.165, 1.54) is 25.7 Å². The van der Waals surface area contributed by atoms with Crippen LogP contribution in [-0.2, 0) is 4.79 Å². The van der Waals surface area contributed by atoms with Gasteiger partial charge in [-0.15, -0.1) is 11.8 Å². The second-order valence-electron chi connectivity index (χ2n) is 10.7. The highest BCUT2D eigenvalue weighted by Gasteiger charge is 2.24. The first-order chi connectivity index (χ1) is 18.6. The number of H-pyrrole nitrogens is 1. The molecular weight excluding hydrogens is 494 g/mol. The van der Waals surface area contributed by atoms with E-state index < -0.39 is 0 Å². The maximum Gasteiger partial charge on any atom is 0.219 e. The number of amides is 1. The van der Waals surface area contributed by atoms with Crippen molar-refractivity contribution in [1.82, 2.24) is 14.8 Å². The fourth-order valence-electron chi connectivity index (χ4n) is 5.75. The van der Waals surface area contributed by atoms with Crippen molar-refractivity contribution >= 4 is 39.3 Å². The molecule has 0 bridgehead atoms. The highest BCUT2D eigenvalue weighted by Crippen LogP contribution is 2.36. The normalized spacial score (nSPS) is 20.7. The van der Waals surface area contributed by atoms with Crippen LogP contribution < -0.4 is 10.1 Å². The van der Waals surface area contributed by atoms with Crippen LogP contribution in [-0.4, -0.2) is 76.3 Å². The van der Waals surface area contributed by atoms with Crippen LogP contribution in [0.1, 0.15) is 44.7 Å². The van der Waals surface area contributed by atoms with Crippen molar-refractivity contribution in [3.63, 3.8) is 0 Å². The first-order valence-corrected chi connectivity index (χ1v) is 14.9. The van der Waals surface area contributed by atoms with Crippen molar-refractivity contribution in [1.29, 1.82) is 0 Å². The van der Waals surface area contributed by atoms with E-state index in [4.69, 9.17) is 9.73 Å². The summed E-state index contributed by atoms with van der Waals surface area (Å²) in [4.78, 5) is 24.8. The largest absolute Gasteiger partial charge is 0.457 e. The lowest BCUT2D eigenvalue weighted by Gasteiger charge is -2.34. The van der Waals surface area contributed by atoms with Gasteiger partial charge in [0.25, 0.3) is 0 Å². The van der Waals surface area contributed by atoms with Gasteiger partial charge < -0.3 is 19.9 Å². The Labute approximate surface area is 229 Å². The third-order valence-corrected chi connectivity index (χ3v) is 9.08. The number of aromatic amines is 1. The number of nitrogens with one attached hydrogen (secondary N) is 2. The van der Waals surface area contributed by atoms with Crippen molar-refractivity contribution < 1.29 is 9.53 Å². The number of para-hydroxylation sites is 1. The van der Waals surface area contributed by atoms with Crippen molar-refractivity contribution in [2.24, 2.45) is 4.99 Å². The van der Waals surface area contributed by atoms with E-state index in [0.717, 1.165) is 83.7 Å². The molecule has 2 aliphatic heterocycles. The lowest BCUT2D eigenvalue weighted by atomic mass is 10.1. The van der Waals surface area contributed by atoms with Gasteiger partial charge in [0.15, 0.2) is 0 Å². The summed E-state index contributed by atoms with van der Waals surface area (Å²) in [7, 11) is 0. The summed E-state index contributed by atoms with van der Waals surface area (Å²) < 4.78 is 6.24. The molecule has 200 valence electrons. The number of rotatable bonds is 8. The Morgan fingerprint density at radius 1 is 1.08 bits per heavy atom. The predicted octanol–water partition coefficient (Wildman–Crippen LogP) is 5.73. The van der Waals surface area contributed by atoms with Gasteiger partial charge in [-0.3, -0.25) is 14.7 Å². The Morgan fingerprint density at radius 2 is 1.87 bits per heavy atom. The Hall–Kier alpha value is -2.97. The van der Waals surface area contributed by atoms with Crippen LogP contribution in [0.3, 0.4) is 0 Å². The van der Waals surface area contributed by atoms with Gasteiger partial charge in [0.2, 0.25) is 5.91 Å². The molecule has 2 fully saturated rings. The number of hydrogen-bond acceptors (Lipinski definition) is 6. The van der Waals surface area contributed by atoms with Gasteiger partial charge in [-0.05, 0) is 43.5 Å². The van der Waals surface area contributed by atoms with Crippen LogP contribution in [0.5, 0.6) is 11.5 Å². The van der Waals surface area contributed by atoms with Crippen molar-refractivity contribution in [3.05, 3.63) is 54.2 Å². The number of ether oxygens (including phenoxy) is 1. The van der Waals surface area contributed by atoms with Crippen LogP contribution in [0.25, 0.3) is 10.9 Å². The number of hydrogen-bond donors (Lipinski definition) is 2. The van der Waals surface area contributed by atoms with Gasteiger partial charge in [0.1, 0.15) is 16.5 Å². The monoisotopic (exact) mass is 531 g/mol. The summed E-state index contributed by atoms with van der Waals surface area (Å²) in [6.07, 6.45) is 6.07. The molecule has 1 aromatic heterocycles. The summed E-state index contributed by atoms with van der Waals surface area (Å²) in [5.74, 6) is 2.90. The second-order valence-corrected chi connectivity index (χ2v) is 11.7. The van der Waals surface area contributed by atoms with E-state index >= 15 is 0 Å². The molecule has 1 unspecified atom stereocenters. The maximum absolute atomic E-state index is 11.6. The molecular formula is C30H37N5O2S. The summed E-state index contributed by atoms with van der Waals surface area (Å²) in [6, 6.07) is 17.3. The molecule has 1 amide bonds. The van der Waals surface area contributed by atoms with E-state index in [0.29, 0.717) is 12.1 Å². The molecule has 3 aliphatic rings. The average Bonchev–Trinajstić information content (AvgIpc) is 3.69. The van der Waals surface area contributed by atoms with Crippen LogP contribution in [0.15, 0.2) is 53.5 Å². The number of carbonyl (C=O) groups is 1. The number of aromatic nitrogens is 1. The first-order valence-electron chi connectivity index (χ1n) is 14.0. The molecule has 3 heterocycles. The number of carbonyl (C=O) groups excluding carboxylic acids is 1. The smallest absolute Gasteiger partial charge is 0.219 e. The summed E-state index contributed by atoms with van der Waals surface area (Å²) >= 11 is 1.85. The molecule has 1 saturated carbocycles. The first kappa shape index (κ1) is 25.3.